The lowest BCUT2D eigenvalue weighted by molar-refractivity contribution is -0.921. The van der Waals surface area contributed by atoms with Gasteiger partial charge in [-0.2, -0.15) is 0 Å². The second kappa shape index (κ2) is 10.3. The second-order valence-corrected chi connectivity index (χ2v) is 7.15. The second-order valence-electron chi connectivity index (χ2n) is 6.74. The molecule has 2 aromatic carbocycles. The highest BCUT2D eigenvalue weighted by atomic mass is 32.1. The predicted octanol–water partition coefficient (Wildman–Crippen LogP) is 1.27. The van der Waals surface area contributed by atoms with Gasteiger partial charge in [-0.25, -0.2) is 0 Å². The van der Waals surface area contributed by atoms with Crippen LogP contribution in [0.1, 0.15) is 16.7 Å². The molecule has 5 nitrogen and oxygen atoms in total. The SMILES string of the molecule is COc1ccc(CNC(=S)NCc2ccc(C[NH+]3CCOCC3)cc2)cc1. The van der Waals surface area contributed by atoms with Gasteiger partial charge in [-0.05, 0) is 35.5 Å². The Morgan fingerprint density at radius 2 is 1.44 bits per heavy atom. The molecule has 0 amide bonds. The summed E-state index contributed by atoms with van der Waals surface area (Å²) in [6.07, 6.45) is 0. The highest BCUT2D eigenvalue weighted by molar-refractivity contribution is 7.80. The Balaban J connectivity index is 1.38. The third-order valence-corrected chi connectivity index (χ3v) is 5.03. The summed E-state index contributed by atoms with van der Waals surface area (Å²) in [4.78, 5) is 1.59. The van der Waals surface area contributed by atoms with Crippen molar-refractivity contribution in [1.29, 1.82) is 0 Å². The third kappa shape index (κ3) is 6.50. The molecule has 0 atom stereocenters. The van der Waals surface area contributed by atoms with Crippen LogP contribution in [-0.2, 0) is 24.4 Å². The molecule has 144 valence electrons. The molecule has 0 saturated carbocycles. The number of methoxy groups -OCH3 is 1. The Bertz CT molecular complexity index is 713. The fraction of sp³-hybridized carbons (Fsp3) is 0.381. The van der Waals surface area contributed by atoms with Crippen LogP contribution in [0.5, 0.6) is 5.75 Å². The van der Waals surface area contributed by atoms with Gasteiger partial charge in [0.15, 0.2) is 5.11 Å². The molecule has 0 unspecified atom stereocenters. The van der Waals surface area contributed by atoms with Crippen molar-refractivity contribution in [3.8, 4) is 5.75 Å². The molecule has 0 bridgehead atoms. The largest absolute Gasteiger partial charge is 0.497 e. The van der Waals surface area contributed by atoms with Gasteiger partial charge in [-0.1, -0.05) is 36.4 Å². The number of benzene rings is 2. The van der Waals surface area contributed by atoms with Crippen molar-refractivity contribution < 1.29 is 14.4 Å². The van der Waals surface area contributed by atoms with Crippen molar-refractivity contribution in [3.63, 3.8) is 0 Å². The molecule has 2 aromatic rings. The number of thiocarbonyl (C=S) groups is 1. The van der Waals surface area contributed by atoms with E-state index in [1.807, 2.05) is 24.3 Å². The molecule has 1 fully saturated rings. The zero-order valence-corrected chi connectivity index (χ0v) is 16.6. The summed E-state index contributed by atoms with van der Waals surface area (Å²) >= 11 is 5.37. The molecule has 3 rings (SSSR count). The van der Waals surface area contributed by atoms with E-state index in [4.69, 9.17) is 21.7 Å². The highest BCUT2D eigenvalue weighted by Gasteiger charge is 2.13. The first-order valence-corrected chi connectivity index (χ1v) is 9.77. The molecule has 0 spiro atoms. The molecule has 1 saturated heterocycles. The van der Waals surface area contributed by atoms with Crippen molar-refractivity contribution in [2.45, 2.75) is 19.6 Å². The average Bonchev–Trinajstić information content (AvgIpc) is 2.73. The van der Waals surface area contributed by atoms with Crippen molar-refractivity contribution in [3.05, 3.63) is 65.2 Å². The van der Waals surface area contributed by atoms with Crippen LogP contribution in [0.3, 0.4) is 0 Å². The van der Waals surface area contributed by atoms with Crippen molar-refractivity contribution >= 4 is 17.3 Å². The maximum atomic E-state index is 5.42. The lowest BCUT2D eigenvalue weighted by Gasteiger charge is -2.23. The predicted molar refractivity (Wildman–Crippen MR) is 111 cm³/mol. The first-order valence-electron chi connectivity index (χ1n) is 9.37. The number of nitrogens with one attached hydrogen (secondary N) is 3. The van der Waals surface area contributed by atoms with Crippen LogP contribution >= 0.6 is 12.2 Å². The molecular formula is C21H28N3O2S+. The fourth-order valence-corrected chi connectivity index (χ4v) is 3.22. The summed E-state index contributed by atoms with van der Waals surface area (Å²) in [5.74, 6) is 0.859. The van der Waals surface area contributed by atoms with Gasteiger partial charge in [-0.15, -0.1) is 0 Å². The fourth-order valence-electron chi connectivity index (χ4n) is 3.07. The van der Waals surface area contributed by atoms with Gasteiger partial charge < -0.3 is 25.0 Å². The van der Waals surface area contributed by atoms with Crippen molar-refractivity contribution in [2.24, 2.45) is 0 Å². The maximum absolute atomic E-state index is 5.42. The molecule has 1 aliphatic rings. The number of rotatable bonds is 7. The number of hydrogen-bond donors (Lipinski definition) is 3. The van der Waals surface area contributed by atoms with Crippen LogP contribution in [0.2, 0.25) is 0 Å². The van der Waals surface area contributed by atoms with Gasteiger partial charge in [0.1, 0.15) is 25.4 Å². The molecule has 27 heavy (non-hydrogen) atoms. The van der Waals surface area contributed by atoms with Crippen LogP contribution in [0.4, 0.5) is 0 Å². The average molecular weight is 387 g/mol. The van der Waals surface area contributed by atoms with Crippen LogP contribution in [0, 0.1) is 0 Å². The first-order chi connectivity index (χ1) is 13.2. The smallest absolute Gasteiger partial charge is 0.166 e. The molecule has 0 radical (unpaired) electrons. The molecular weight excluding hydrogens is 358 g/mol. The van der Waals surface area contributed by atoms with Crippen LogP contribution in [0.25, 0.3) is 0 Å². The van der Waals surface area contributed by atoms with Gasteiger partial charge in [0.25, 0.3) is 0 Å². The summed E-state index contributed by atoms with van der Waals surface area (Å²) in [6.45, 7) is 6.42. The van der Waals surface area contributed by atoms with Crippen molar-refractivity contribution in [2.75, 3.05) is 33.4 Å². The van der Waals surface area contributed by atoms with Gasteiger partial charge >= 0.3 is 0 Å². The summed E-state index contributed by atoms with van der Waals surface area (Å²) in [6, 6.07) is 16.7. The molecule has 6 heteroatoms. The van der Waals surface area contributed by atoms with E-state index in [1.54, 1.807) is 12.0 Å². The zero-order chi connectivity index (χ0) is 18.9. The summed E-state index contributed by atoms with van der Waals surface area (Å²) in [5, 5.41) is 7.16. The summed E-state index contributed by atoms with van der Waals surface area (Å²) in [7, 11) is 1.67. The Kier molecular flexibility index (Phi) is 7.45. The summed E-state index contributed by atoms with van der Waals surface area (Å²) < 4.78 is 10.6. The van der Waals surface area contributed by atoms with E-state index in [-0.39, 0.29) is 0 Å². The molecule has 0 aromatic heterocycles. The van der Waals surface area contributed by atoms with Crippen LogP contribution in [0.15, 0.2) is 48.5 Å². The van der Waals surface area contributed by atoms with E-state index in [1.165, 1.54) is 11.1 Å². The maximum Gasteiger partial charge on any atom is 0.166 e. The standard InChI is InChI=1S/C21H27N3O2S/c1-25-20-8-6-18(7-9-20)15-23-21(27)22-14-17-2-4-19(5-3-17)16-24-10-12-26-13-11-24/h2-9H,10-16H2,1H3,(H2,22,23,27)/p+1. The van der Waals surface area contributed by atoms with Gasteiger partial charge in [0.2, 0.25) is 0 Å². The molecule has 1 aliphatic heterocycles. The van der Waals surface area contributed by atoms with E-state index in [2.05, 4.69) is 34.9 Å². The van der Waals surface area contributed by atoms with Gasteiger partial charge in [0, 0.05) is 18.7 Å². The minimum absolute atomic E-state index is 0.660. The molecule has 0 aliphatic carbocycles. The highest BCUT2D eigenvalue weighted by Crippen LogP contribution is 2.10. The Morgan fingerprint density at radius 3 is 2.00 bits per heavy atom. The monoisotopic (exact) mass is 386 g/mol. The van der Waals surface area contributed by atoms with Gasteiger partial charge in [-0.3, -0.25) is 0 Å². The first kappa shape index (κ1) is 19.6. The van der Waals surface area contributed by atoms with Crippen molar-refractivity contribution in [1.82, 2.24) is 10.6 Å². The molecule has 1 heterocycles. The number of hydrogen-bond acceptors (Lipinski definition) is 3. The lowest BCUT2D eigenvalue weighted by atomic mass is 10.1. The Labute approximate surface area is 166 Å². The number of ether oxygens (including phenoxy) is 2. The van der Waals surface area contributed by atoms with Gasteiger partial charge in [0.05, 0.1) is 20.3 Å². The van der Waals surface area contributed by atoms with E-state index in [0.29, 0.717) is 11.7 Å². The Morgan fingerprint density at radius 1 is 0.926 bits per heavy atom. The van der Waals surface area contributed by atoms with E-state index < -0.39 is 0 Å². The quantitative estimate of drug-likeness (QED) is 0.626. The van der Waals surface area contributed by atoms with E-state index in [9.17, 15) is 0 Å². The normalized spacial score (nSPS) is 14.6. The number of morpholine rings is 1. The van der Waals surface area contributed by atoms with E-state index in [0.717, 1.165) is 50.7 Å². The number of quaternary nitrogens is 1. The topological polar surface area (TPSA) is 47.0 Å². The minimum atomic E-state index is 0.660. The lowest BCUT2D eigenvalue weighted by Crippen LogP contribution is -3.12. The minimum Gasteiger partial charge on any atom is -0.497 e. The Hall–Kier alpha value is -2.15. The van der Waals surface area contributed by atoms with Crippen LogP contribution in [-0.4, -0.2) is 38.5 Å². The third-order valence-electron chi connectivity index (χ3n) is 4.74. The zero-order valence-electron chi connectivity index (χ0n) is 15.8. The summed E-state index contributed by atoms with van der Waals surface area (Å²) in [5.41, 5.74) is 3.76. The van der Waals surface area contributed by atoms with E-state index >= 15 is 0 Å². The van der Waals surface area contributed by atoms with Crippen LogP contribution < -0.4 is 20.3 Å². The molecule has 3 N–H and O–H groups in total.